The Hall–Kier alpha value is -1.63. The van der Waals surface area contributed by atoms with Crippen molar-refractivity contribution in [2.24, 2.45) is 0 Å². The predicted octanol–water partition coefficient (Wildman–Crippen LogP) is 5.36. The molecule has 112 valence electrons. The van der Waals surface area contributed by atoms with Crippen LogP contribution in [0.1, 0.15) is 11.1 Å². The van der Waals surface area contributed by atoms with Gasteiger partial charge >= 0.3 is 6.18 Å². The number of hydrogen-bond donors (Lipinski definition) is 1. The van der Waals surface area contributed by atoms with Crippen LogP contribution in [0.5, 0.6) is 0 Å². The number of hydrogen-bond acceptors (Lipinski definition) is 1. The number of nitrogens with one attached hydrogen (secondary N) is 1. The van der Waals surface area contributed by atoms with Crippen molar-refractivity contribution in [2.75, 3.05) is 5.32 Å². The van der Waals surface area contributed by atoms with Gasteiger partial charge in [-0.05, 0) is 35.9 Å². The van der Waals surface area contributed by atoms with Crippen LogP contribution >= 0.6 is 15.9 Å². The van der Waals surface area contributed by atoms with Gasteiger partial charge in [-0.25, -0.2) is 8.78 Å². The fraction of sp³-hybridized carbons (Fsp3) is 0.143. The number of halogens is 6. The molecular formula is C14H9BrF5N. The lowest BCUT2D eigenvalue weighted by Crippen LogP contribution is -2.10. The Morgan fingerprint density at radius 2 is 1.67 bits per heavy atom. The number of rotatable bonds is 3. The average Bonchev–Trinajstić information content (AvgIpc) is 2.38. The summed E-state index contributed by atoms with van der Waals surface area (Å²) in [5.74, 6) is -1.87. The minimum absolute atomic E-state index is 0.0537. The molecule has 2 aromatic carbocycles. The molecule has 2 aromatic rings. The van der Waals surface area contributed by atoms with Crippen LogP contribution in [0.15, 0.2) is 40.9 Å². The molecule has 0 amide bonds. The van der Waals surface area contributed by atoms with Crippen molar-refractivity contribution < 1.29 is 22.0 Å². The van der Waals surface area contributed by atoms with Gasteiger partial charge in [-0.15, -0.1) is 0 Å². The first-order valence-corrected chi connectivity index (χ1v) is 6.61. The quantitative estimate of drug-likeness (QED) is 0.722. The fourth-order valence-corrected chi connectivity index (χ4v) is 2.06. The summed E-state index contributed by atoms with van der Waals surface area (Å²) in [5, 5.41) is 2.67. The standard InChI is InChI=1S/C14H9BrF5N/c15-9-2-4-13(12(17)6-9)21-7-8-1-3-11(16)10(5-8)14(18,19)20/h1-6,21H,7H2. The van der Waals surface area contributed by atoms with E-state index in [0.29, 0.717) is 10.5 Å². The van der Waals surface area contributed by atoms with Crippen LogP contribution in [0.2, 0.25) is 0 Å². The van der Waals surface area contributed by atoms with Gasteiger partial charge in [0.25, 0.3) is 0 Å². The maximum Gasteiger partial charge on any atom is 0.419 e. The molecular weight excluding hydrogens is 357 g/mol. The Labute approximate surface area is 125 Å². The van der Waals surface area contributed by atoms with Crippen LogP contribution < -0.4 is 5.32 Å². The third-order valence-corrected chi connectivity index (χ3v) is 3.24. The van der Waals surface area contributed by atoms with E-state index in [4.69, 9.17) is 0 Å². The van der Waals surface area contributed by atoms with Crippen LogP contribution in [0.4, 0.5) is 27.6 Å². The van der Waals surface area contributed by atoms with E-state index in [2.05, 4.69) is 21.2 Å². The van der Waals surface area contributed by atoms with Crippen LogP contribution in [-0.4, -0.2) is 0 Å². The van der Waals surface area contributed by atoms with E-state index in [0.717, 1.165) is 6.07 Å². The Morgan fingerprint density at radius 1 is 0.952 bits per heavy atom. The largest absolute Gasteiger partial charge is 0.419 e. The summed E-state index contributed by atoms with van der Waals surface area (Å²) < 4.78 is 65.0. The highest BCUT2D eigenvalue weighted by Gasteiger charge is 2.34. The molecule has 0 atom stereocenters. The third-order valence-electron chi connectivity index (χ3n) is 2.75. The smallest absolute Gasteiger partial charge is 0.379 e. The molecule has 7 heteroatoms. The maximum atomic E-state index is 13.6. The van der Waals surface area contributed by atoms with Gasteiger partial charge in [0.1, 0.15) is 11.6 Å². The highest BCUT2D eigenvalue weighted by Crippen LogP contribution is 2.32. The van der Waals surface area contributed by atoms with Crippen LogP contribution in [-0.2, 0) is 12.7 Å². The summed E-state index contributed by atoms with van der Waals surface area (Å²) in [5.41, 5.74) is -0.986. The number of alkyl halides is 3. The first kappa shape index (κ1) is 15.8. The van der Waals surface area contributed by atoms with Crippen molar-refractivity contribution in [3.05, 3.63) is 63.6 Å². The van der Waals surface area contributed by atoms with E-state index < -0.39 is 23.4 Å². The minimum atomic E-state index is -4.76. The average molecular weight is 366 g/mol. The number of benzene rings is 2. The molecule has 0 radical (unpaired) electrons. The van der Waals surface area contributed by atoms with E-state index in [-0.39, 0.29) is 17.8 Å². The molecule has 0 aromatic heterocycles. The highest BCUT2D eigenvalue weighted by molar-refractivity contribution is 9.10. The first-order chi connectivity index (χ1) is 9.77. The van der Waals surface area contributed by atoms with Gasteiger partial charge in [-0.3, -0.25) is 0 Å². The molecule has 21 heavy (non-hydrogen) atoms. The van der Waals surface area contributed by atoms with Crippen molar-refractivity contribution in [1.29, 1.82) is 0 Å². The van der Waals surface area contributed by atoms with E-state index in [1.54, 1.807) is 6.07 Å². The molecule has 1 nitrogen and oxygen atoms in total. The zero-order valence-electron chi connectivity index (χ0n) is 10.4. The van der Waals surface area contributed by atoms with Crippen molar-refractivity contribution in [2.45, 2.75) is 12.7 Å². The molecule has 0 spiro atoms. The zero-order chi connectivity index (χ0) is 15.6. The second-order valence-electron chi connectivity index (χ2n) is 4.29. The molecule has 0 saturated carbocycles. The van der Waals surface area contributed by atoms with E-state index in [9.17, 15) is 22.0 Å². The Morgan fingerprint density at radius 3 is 2.29 bits per heavy atom. The Balaban J connectivity index is 2.17. The van der Waals surface area contributed by atoms with Crippen molar-refractivity contribution in [3.8, 4) is 0 Å². The Bertz CT molecular complexity index is 654. The Kier molecular flexibility index (Phi) is 4.51. The molecule has 0 unspecified atom stereocenters. The van der Waals surface area contributed by atoms with Gasteiger partial charge in [0.2, 0.25) is 0 Å². The summed E-state index contributed by atoms with van der Waals surface area (Å²) >= 11 is 3.10. The highest BCUT2D eigenvalue weighted by atomic mass is 79.9. The summed E-state index contributed by atoms with van der Waals surface area (Å²) in [4.78, 5) is 0. The molecule has 2 rings (SSSR count). The molecule has 0 aliphatic rings. The molecule has 0 saturated heterocycles. The van der Waals surface area contributed by atoms with Crippen LogP contribution in [0.3, 0.4) is 0 Å². The molecule has 0 fully saturated rings. The van der Waals surface area contributed by atoms with Crippen LogP contribution in [0, 0.1) is 11.6 Å². The van der Waals surface area contributed by atoms with Gasteiger partial charge in [0, 0.05) is 11.0 Å². The van der Waals surface area contributed by atoms with Gasteiger partial charge in [0.15, 0.2) is 0 Å². The van der Waals surface area contributed by atoms with Crippen molar-refractivity contribution >= 4 is 21.6 Å². The lowest BCUT2D eigenvalue weighted by Gasteiger charge is -2.12. The SMILES string of the molecule is Fc1cc(Br)ccc1NCc1ccc(F)c(C(F)(F)F)c1. The van der Waals surface area contributed by atoms with Crippen LogP contribution in [0.25, 0.3) is 0 Å². The predicted molar refractivity (Wildman–Crippen MR) is 72.8 cm³/mol. The lowest BCUT2D eigenvalue weighted by atomic mass is 10.1. The molecule has 0 bridgehead atoms. The van der Waals surface area contributed by atoms with Gasteiger partial charge in [-0.1, -0.05) is 22.0 Å². The molecule has 0 aliphatic heterocycles. The molecule has 0 aliphatic carbocycles. The second-order valence-corrected chi connectivity index (χ2v) is 5.21. The lowest BCUT2D eigenvalue weighted by molar-refractivity contribution is -0.140. The summed E-state index contributed by atoms with van der Waals surface area (Å²) in [6, 6.07) is 6.95. The van der Waals surface area contributed by atoms with E-state index in [1.807, 2.05) is 0 Å². The molecule has 0 heterocycles. The van der Waals surface area contributed by atoms with E-state index >= 15 is 0 Å². The number of anilines is 1. The summed E-state index contributed by atoms with van der Waals surface area (Å²) in [6.45, 7) is -0.0537. The first-order valence-electron chi connectivity index (χ1n) is 5.82. The van der Waals surface area contributed by atoms with E-state index in [1.165, 1.54) is 18.2 Å². The topological polar surface area (TPSA) is 12.0 Å². The third kappa shape index (κ3) is 3.93. The normalized spacial score (nSPS) is 11.5. The summed E-state index contributed by atoms with van der Waals surface area (Å²) in [6.07, 6.45) is -4.76. The van der Waals surface area contributed by atoms with Gasteiger partial charge in [0.05, 0.1) is 11.3 Å². The summed E-state index contributed by atoms with van der Waals surface area (Å²) in [7, 11) is 0. The van der Waals surface area contributed by atoms with Gasteiger partial charge in [-0.2, -0.15) is 13.2 Å². The minimum Gasteiger partial charge on any atom is -0.379 e. The van der Waals surface area contributed by atoms with Crippen molar-refractivity contribution in [3.63, 3.8) is 0 Å². The second kappa shape index (κ2) is 6.01. The van der Waals surface area contributed by atoms with Crippen molar-refractivity contribution in [1.82, 2.24) is 0 Å². The van der Waals surface area contributed by atoms with Gasteiger partial charge < -0.3 is 5.32 Å². The monoisotopic (exact) mass is 365 g/mol. The fourth-order valence-electron chi connectivity index (χ4n) is 1.73. The zero-order valence-corrected chi connectivity index (χ0v) is 12.0. The molecule has 1 N–H and O–H groups in total. The maximum absolute atomic E-state index is 13.6.